The minimum Gasteiger partial charge on any atom is -0.399 e. The summed E-state index contributed by atoms with van der Waals surface area (Å²) in [5.41, 5.74) is 6.57. The molecule has 0 aliphatic rings. The van der Waals surface area contributed by atoms with Gasteiger partial charge in [0.1, 0.15) is 0 Å². The lowest BCUT2D eigenvalue weighted by molar-refractivity contribution is 1.79. The molecule has 2 heteroatoms. The van der Waals surface area contributed by atoms with E-state index in [4.69, 9.17) is 5.73 Å². The number of rotatable bonds is 0. The van der Waals surface area contributed by atoms with Crippen molar-refractivity contribution in [2.24, 2.45) is 0 Å². The quantitative estimate of drug-likeness (QED) is 0.550. The number of nitrogens with two attached hydrogens (primary N) is 1. The van der Waals surface area contributed by atoms with Gasteiger partial charge in [-0.3, -0.25) is 0 Å². The van der Waals surface area contributed by atoms with Crippen molar-refractivity contribution < 1.29 is 0 Å². The number of anilines is 1. The Morgan fingerprint density at radius 1 is 1.14 bits per heavy atom. The second-order valence-corrected chi connectivity index (χ2v) is 4.26. The van der Waals surface area contributed by atoms with Gasteiger partial charge in [0.15, 0.2) is 0 Å². The summed E-state index contributed by atoms with van der Waals surface area (Å²) in [6, 6.07) is 16.0. The molecule has 2 N–H and O–H groups in total. The van der Waals surface area contributed by atoms with Gasteiger partial charge in [-0.25, -0.2) is 0 Å². The third-order valence-corrected chi connectivity index (χ3v) is 3.37. The van der Waals surface area contributed by atoms with E-state index in [1.54, 1.807) is 11.3 Å². The molecule has 66 valence electrons. The van der Waals surface area contributed by atoms with E-state index in [1.807, 2.05) is 18.2 Å². The van der Waals surface area contributed by atoms with Crippen molar-refractivity contribution in [3.8, 4) is 0 Å². The summed E-state index contributed by atoms with van der Waals surface area (Å²) in [6.07, 6.45) is 0. The smallest absolute Gasteiger partial charge is 0.0857 e. The van der Waals surface area contributed by atoms with E-state index in [0.717, 1.165) is 10.4 Å². The molecule has 0 amide bonds. The molecular weight excluding hydrogens is 190 g/mol. The highest BCUT2D eigenvalue weighted by Gasteiger charge is 2.03. The van der Waals surface area contributed by atoms with Gasteiger partial charge in [-0.15, -0.1) is 11.3 Å². The molecule has 0 aliphatic heterocycles. The van der Waals surface area contributed by atoms with Crippen LogP contribution < -0.4 is 5.73 Å². The summed E-state index contributed by atoms with van der Waals surface area (Å²) in [5, 5.41) is 2.44. The predicted octanol–water partition coefficient (Wildman–Crippen LogP) is 3.24. The van der Waals surface area contributed by atoms with Gasteiger partial charge in [0, 0.05) is 21.2 Å². The van der Waals surface area contributed by atoms with E-state index >= 15 is 0 Å². The molecule has 1 nitrogen and oxygen atoms in total. The van der Waals surface area contributed by atoms with Crippen LogP contribution in [0.2, 0.25) is 0 Å². The van der Waals surface area contributed by atoms with Gasteiger partial charge in [-0.2, -0.15) is 0 Å². The molecule has 0 bridgehead atoms. The lowest BCUT2D eigenvalue weighted by Gasteiger charge is -1.92. The van der Waals surface area contributed by atoms with Gasteiger partial charge in [-0.1, -0.05) is 12.1 Å². The van der Waals surface area contributed by atoms with Crippen LogP contribution in [-0.2, 0) is 0 Å². The molecule has 0 aliphatic carbocycles. The maximum absolute atomic E-state index is 5.76. The van der Waals surface area contributed by atoms with Crippen LogP contribution in [0.5, 0.6) is 0 Å². The Labute approximate surface area is 85.8 Å². The highest BCUT2D eigenvalue weighted by atomic mass is 32.1. The summed E-state index contributed by atoms with van der Waals surface area (Å²) in [5.74, 6) is 0. The van der Waals surface area contributed by atoms with Crippen molar-refractivity contribution in [3.05, 3.63) is 42.5 Å². The van der Waals surface area contributed by atoms with Crippen molar-refractivity contribution in [2.75, 3.05) is 5.73 Å². The van der Waals surface area contributed by atoms with Gasteiger partial charge in [-0.05, 0) is 30.3 Å². The van der Waals surface area contributed by atoms with Crippen molar-refractivity contribution in [2.45, 2.75) is 0 Å². The fourth-order valence-corrected chi connectivity index (χ4v) is 2.66. The second-order valence-electron chi connectivity index (χ2n) is 3.20. The molecule has 14 heavy (non-hydrogen) atoms. The Bertz CT molecular complexity index is 610. The zero-order valence-corrected chi connectivity index (χ0v) is 8.19. The molecule has 0 unspecified atom stereocenters. The highest BCUT2D eigenvalue weighted by molar-refractivity contribution is 7.25. The third kappa shape index (κ3) is 0.966. The third-order valence-electron chi connectivity index (χ3n) is 2.27. The zero-order chi connectivity index (χ0) is 9.54. The Morgan fingerprint density at radius 2 is 2.07 bits per heavy atom. The van der Waals surface area contributed by atoms with Gasteiger partial charge < -0.3 is 5.73 Å². The SMILES string of the molecule is Nc1ccc2sc3c#cccc3c2c1. The van der Waals surface area contributed by atoms with E-state index in [1.165, 1.54) is 15.5 Å². The van der Waals surface area contributed by atoms with E-state index in [0.29, 0.717) is 0 Å². The minimum atomic E-state index is 0.810. The van der Waals surface area contributed by atoms with Crippen molar-refractivity contribution in [3.63, 3.8) is 0 Å². The van der Waals surface area contributed by atoms with Gasteiger partial charge in [0.2, 0.25) is 0 Å². The predicted molar refractivity (Wildman–Crippen MR) is 61.4 cm³/mol. The van der Waals surface area contributed by atoms with Gasteiger partial charge >= 0.3 is 0 Å². The molecule has 0 saturated heterocycles. The monoisotopic (exact) mass is 197 g/mol. The lowest BCUT2D eigenvalue weighted by Crippen LogP contribution is -1.81. The van der Waals surface area contributed by atoms with Crippen LogP contribution in [0.25, 0.3) is 20.2 Å². The molecule has 0 fully saturated rings. The number of hydrogen-bond donors (Lipinski definition) is 1. The average Bonchev–Trinajstić information content (AvgIpc) is 2.56. The first-order valence-corrected chi connectivity index (χ1v) is 5.16. The normalized spacial score (nSPS) is 10.6. The van der Waals surface area contributed by atoms with Crippen molar-refractivity contribution in [1.82, 2.24) is 0 Å². The summed E-state index contributed by atoms with van der Waals surface area (Å²) >= 11 is 1.73. The molecule has 3 aromatic rings. The standard InChI is InChI=1S/C12H7NS/c13-8-5-6-12-10(7-8)9-3-1-2-4-11(9)14-12/h1,3,5-7H,13H2. The van der Waals surface area contributed by atoms with Crippen LogP contribution in [-0.4, -0.2) is 0 Å². The van der Waals surface area contributed by atoms with Crippen LogP contribution in [0.1, 0.15) is 0 Å². The first-order chi connectivity index (χ1) is 6.84. The summed E-state index contributed by atoms with van der Waals surface area (Å²) in [6.45, 7) is 0. The Balaban J connectivity index is 2.58. The van der Waals surface area contributed by atoms with Crippen LogP contribution in [0.4, 0.5) is 5.69 Å². The topological polar surface area (TPSA) is 26.0 Å². The summed E-state index contributed by atoms with van der Waals surface area (Å²) < 4.78 is 2.40. The van der Waals surface area contributed by atoms with Gasteiger partial charge in [0.25, 0.3) is 0 Å². The summed E-state index contributed by atoms with van der Waals surface area (Å²) in [7, 11) is 0. The van der Waals surface area contributed by atoms with Crippen LogP contribution in [0.3, 0.4) is 0 Å². The first kappa shape index (κ1) is 7.66. The number of benzene rings is 1. The van der Waals surface area contributed by atoms with Crippen LogP contribution >= 0.6 is 11.3 Å². The first-order valence-electron chi connectivity index (χ1n) is 4.35. The Hall–Kier alpha value is -1.72. The van der Waals surface area contributed by atoms with Crippen LogP contribution in [0, 0.1) is 12.1 Å². The highest BCUT2D eigenvalue weighted by Crippen LogP contribution is 2.33. The maximum Gasteiger partial charge on any atom is 0.0857 e. The fourth-order valence-electron chi connectivity index (χ4n) is 1.62. The molecular formula is C12H7NS. The largest absolute Gasteiger partial charge is 0.399 e. The number of fused-ring (bicyclic) bond motifs is 3. The number of hydrogen-bond acceptors (Lipinski definition) is 2. The number of thiophene rings is 1. The molecule has 0 saturated carbocycles. The second kappa shape index (κ2) is 2.63. The number of nitrogen functional groups attached to an aromatic ring is 1. The van der Waals surface area contributed by atoms with Gasteiger partial charge in [0.05, 0.1) is 4.70 Å². The van der Waals surface area contributed by atoms with Crippen molar-refractivity contribution >= 4 is 37.2 Å². The molecule has 0 atom stereocenters. The average molecular weight is 197 g/mol. The van der Waals surface area contributed by atoms with Crippen LogP contribution in [0.15, 0.2) is 30.3 Å². The molecule has 3 rings (SSSR count). The van der Waals surface area contributed by atoms with E-state index in [2.05, 4.69) is 24.3 Å². The maximum atomic E-state index is 5.76. The molecule has 2 aromatic carbocycles. The molecule has 1 aromatic heterocycles. The van der Waals surface area contributed by atoms with E-state index < -0.39 is 0 Å². The molecule has 0 radical (unpaired) electrons. The van der Waals surface area contributed by atoms with E-state index in [9.17, 15) is 0 Å². The molecule has 0 spiro atoms. The molecule has 1 heterocycles. The minimum absolute atomic E-state index is 0.810. The Kier molecular flexibility index (Phi) is 1.44. The Morgan fingerprint density at radius 3 is 3.00 bits per heavy atom. The zero-order valence-electron chi connectivity index (χ0n) is 7.37. The summed E-state index contributed by atoms with van der Waals surface area (Å²) in [4.78, 5) is 0. The van der Waals surface area contributed by atoms with Crippen molar-refractivity contribution in [1.29, 1.82) is 0 Å². The van der Waals surface area contributed by atoms with E-state index in [-0.39, 0.29) is 0 Å². The lowest BCUT2D eigenvalue weighted by atomic mass is 10.1. The fraction of sp³-hybridized carbons (Fsp3) is 0.